The number of imide groups is 1. The van der Waals surface area contributed by atoms with E-state index >= 15 is 0 Å². The van der Waals surface area contributed by atoms with Gasteiger partial charge in [-0.3, -0.25) is 14.4 Å². The van der Waals surface area contributed by atoms with E-state index in [1.165, 1.54) is 18.2 Å². The van der Waals surface area contributed by atoms with Crippen LogP contribution >= 0.6 is 0 Å². The number of carbonyl (C=O) groups is 4. The second-order valence-corrected chi connectivity index (χ2v) is 9.56. The molecule has 0 spiro atoms. The SMILES string of the molecule is CCC(OC(=O)c1ccc2c(c1)C(=O)N(c1ccc(Oc3c(C)cccc3C)cc1)C2=O)C(=O)c1ccccc1. The number of rotatable bonds is 8. The number of hydrogen-bond donors (Lipinski definition) is 0. The molecule has 5 rings (SSSR count). The van der Waals surface area contributed by atoms with Crippen LogP contribution in [-0.4, -0.2) is 29.7 Å². The molecule has 0 saturated heterocycles. The van der Waals surface area contributed by atoms with Crippen molar-refractivity contribution in [3.05, 3.63) is 124 Å². The molecule has 7 heteroatoms. The predicted molar refractivity (Wildman–Crippen MR) is 150 cm³/mol. The quantitative estimate of drug-likeness (QED) is 0.142. The summed E-state index contributed by atoms with van der Waals surface area (Å²) in [6.07, 6.45) is -0.681. The zero-order chi connectivity index (χ0) is 28.4. The number of esters is 1. The molecular formula is C33H27NO6. The molecule has 0 aliphatic carbocycles. The highest BCUT2D eigenvalue weighted by Gasteiger charge is 2.37. The van der Waals surface area contributed by atoms with Gasteiger partial charge in [0.05, 0.1) is 22.4 Å². The van der Waals surface area contributed by atoms with Gasteiger partial charge in [-0.25, -0.2) is 9.69 Å². The highest BCUT2D eigenvalue weighted by Crippen LogP contribution is 2.33. The predicted octanol–water partition coefficient (Wildman–Crippen LogP) is 6.71. The average Bonchev–Trinajstić information content (AvgIpc) is 3.22. The molecule has 0 fully saturated rings. The molecule has 4 aromatic carbocycles. The lowest BCUT2D eigenvalue weighted by molar-refractivity contribution is 0.0277. The minimum atomic E-state index is -0.971. The molecule has 4 aromatic rings. The Balaban J connectivity index is 1.33. The zero-order valence-electron chi connectivity index (χ0n) is 22.3. The Morgan fingerprint density at radius 2 is 1.40 bits per heavy atom. The summed E-state index contributed by atoms with van der Waals surface area (Å²) in [5.74, 6) is -0.769. The van der Waals surface area contributed by atoms with E-state index < -0.39 is 23.9 Å². The summed E-state index contributed by atoms with van der Waals surface area (Å²) < 4.78 is 11.5. The van der Waals surface area contributed by atoms with Crippen LogP contribution in [0, 0.1) is 13.8 Å². The van der Waals surface area contributed by atoms with Gasteiger partial charge in [0.15, 0.2) is 6.10 Å². The van der Waals surface area contributed by atoms with Gasteiger partial charge in [-0.1, -0.05) is 55.5 Å². The Labute approximate surface area is 232 Å². The summed E-state index contributed by atoms with van der Waals surface area (Å²) >= 11 is 0. The van der Waals surface area contributed by atoms with Crippen LogP contribution in [0.3, 0.4) is 0 Å². The minimum absolute atomic E-state index is 0.0819. The largest absolute Gasteiger partial charge is 0.457 e. The van der Waals surface area contributed by atoms with E-state index in [1.54, 1.807) is 61.5 Å². The van der Waals surface area contributed by atoms with Crippen LogP contribution in [-0.2, 0) is 4.74 Å². The molecule has 40 heavy (non-hydrogen) atoms. The van der Waals surface area contributed by atoms with E-state index in [4.69, 9.17) is 9.47 Å². The molecule has 1 heterocycles. The van der Waals surface area contributed by atoms with Gasteiger partial charge in [-0.15, -0.1) is 0 Å². The third kappa shape index (κ3) is 5.01. The van der Waals surface area contributed by atoms with Crippen molar-refractivity contribution < 1.29 is 28.7 Å². The molecule has 0 saturated carbocycles. The first-order valence-corrected chi connectivity index (χ1v) is 13.0. The van der Waals surface area contributed by atoms with Crippen LogP contribution in [0.15, 0.2) is 91.0 Å². The molecule has 1 aliphatic heterocycles. The van der Waals surface area contributed by atoms with Crippen LogP contribution in [0.1, 0.15) is 65.9 Å². The number of anilines is 1. The van der Waals surface area contributed by atoms with E-state index in [9.17, 15) is 19.2 Å². The van der Waals surface area contributed by atoms with Crippen molar-refractivity contribution in [1.82, 2.24) is 0 Å². The van der Waals surface area contributed by atoms with Crippen molar-refractivity contribution in [3.8, 4) is 11.5 Å². The molecule has 0 aromatic heterocycles. The summed E-state index contributed by atoms with van der Waals surface area (Å²) in [7, 11) is 0. The third-order valence-corrected chi connectivity index (χ3v) is 6.82. The first kappa shape index (κ1) is 26.6. The van der Waals surface area contributed by atoms with Crippen LogP contribution in [0.5, 0.6) is 11.5 Å². The van der Waals surface area contributed by atoms with Crippen molar-refractivity contribution in [2.75, 3.05) is 4.90 Å². The Hall–Kier alpha value is -5.04. The number of nitrogens with zero attached hydrogens (tertiary/aromatic N) is 1. The molecule has 200 valence electrons. The van der Waals surface area contributed by atoms with E-state index in [0.29, 0.717) is 23.4 Å². The molecule has 1 atom stereocenters. The van der Waals surface area contributed by atoms with Crippen LogP contribution < -0.4 is 9.64 Å². The Bertz CT molecular complexity index is 1600. The summed E-state index contributed by atoms with van der Waals surface area (Å²) in [6, 6.07) is 25.4. The number of amides is 2. The van der Waals surface area contributed by atoms with E-state index in [0.717, 1.165) is 21.8 Å². The molecule has 0 radical (unpaired) electrons. The zero-order valence-corrected chi connectivity index (χ0v) is 22.3. The van der Waals surface area contributed by atoms with E-state index in [1.807, 2.05) is 32.0 Å². The standard InChI is InChI=1S/C33H27NO6/c1-4-28(29(35)22-11-6-5-7-12-22)40-33(38)23-13-18-26-27(19-23)32(37)34(31(26)36)24-14-16-25(17-15-24)39-30-20(2)9-8-10-21(30)3/h5-19,28H,4H2,1-3H3. The number of para-hydroxylation sites is 1. The van der Waals surface area contributed by atoms with Gasteiger partial charge in [0.25, 0.3) is 11.8 Å². The maximum atomic E-state index is 13.3. The van der Waals surface area contributed by atoms with Crippen molar-refractivity contribution in [1.29, 1.82) is 0 Å². The number of carbonyl (C=O) groups excluding carboxylic acids is 4. The lowest BCUT2D eigenvalue weighted by Crippen LogP contribution is -2.29. The molecule has 1 aliphatic rings. The Morgan fingerprint density at radius 1 is 0.750 bits per heavy atom. The molecule has 7 nitrogen and oxygen atoms in total. The number of fused-ring (bicyclic) bond motifs is 1. The van der Waals surface area contributed by atoms with Gasteiger partial charge in [-0.05, 0) is 73.9 Å². The van der Waals surface area contributed by atoms with Gasteiger partial charge >= 0.3 is 5.97 Å². The lowest BCUT2D eigenvalue weighted by atomic mass is 10.0. The fourth-order valence-corrected chi connectivity index (χ4v) is 4.65. The molecule has 0 bridgehead atoms. The minimum Gasteiger partial charge on any atom is -0.457 e. The topological polar surface area (TPSA) is 90.0 Å². The van der Waals surface area contributed by atoms with Gasteiger partial charge in [0.2, 0.25) is 5.78 Å². The lowest BCUT2D eigenvalue weighted by Gasteiger charge is -2.16. The van der Waals surface area contributed by atoms with Gasteiger partial charge < -0.3 is 9.47 Å². The van der Waals surface area contributed by atoms with Crippen molar-refractivity contribution in [2.45, 2.75) is 33.3 Å². The first-order chi connectivity index (χ1) is 19.3. The molecule has 2 amide bonds. The number of ether oxygens (including phenoxy) is 2. The fraction of sp³-hybridized carbons (Fsp3) is 0.152. The monoisotopic (exact) mass is 533 g/mol. The maximum Gasteiger partial charge on any atom is 0.338 e. The average molecular weight is 534 g/mol. The second kappa shape index (κ2) is 11.0. The van der Waals surface area contributed by atoms with Gasteiger partial charge in [0, 0.05) is 5.56 Å². The number of aryl methyl sites for hydroxylation is 2. The molecule has 0 N–H and O–H groups in total. The highest BCUT2D eigenvalue weighted by atomic mass is 16.5. The highest BCUT2D eigenvalue weighted by molar-refractivity contribution is 6.34. The van der Waals surface area contributed by atoms with Crippen molar-refractivity contribution in [2.24, 2.45) is 0 Å². The number of ketones is 1. The summed E-state index contributed by atoms with van der Waals surface area (Å²) in [6.45, 7) is 5.67. The Kier molecular flexibility index (Phi) is 7.29. The van der Waals surface area contributed by atoms with Crippen molar-refractivity contribution in [3.63, 3.8) is 0 Å². The van der Waals surface area contributed by atoms with Gasteiger partial charge in [0.1, 0.15) is 11.5 Å². The molecule has 1 unspecified atom stereocenters. The number of hydrogen-bond acceptors (Lipinski definition) is 6. The fourth-order valence-electron chi connectivity index (χ4n) is 4.65. The van der Waals surface area contributed by atoms with E-state index in [2.05, 4.69) is 0 Å². The maximum absolute atomic E-state index is 13.3. The van der Waals surface area contributed by atoms with Crippen LogP contribution in [0.25, 0.3) is 0 Å². The Morgan fingerprint density at radius 3 is 2.05 bits per heavy atom. The third-order valence-electron chi connectivity index (χ3n) is 6.82. The smallest absolute Gasteiger partial charge is 0.338 e. The van der Waals surface area contributed by atoms with E-state index in [-0.39, 0.29) is 22.5 Å². The summed E-state index contributed by atoms with van der Waals surface area (Å²) in [5, 5.41) is 0. The summed E-state index contributed by atoms with van der Waals surface area (Å²) in [5.41, 5.74) is 3.17. The first-order valence-electron chi connectivity index (χ1n) is 13.0. The van der Waals surface area contributed by atoms with Crippen LogP contribution in [0.4, 0.5) is 5.69 Å². The second-order valence-electron chi connectivity index (χ2n) is 9.56. The number of benzene rings is 4. The van der Waals surface area contributed by atoms with Crippen LogP contribution in [0.2, 0.25) is 0 Å². The number of Topliss-reactive ketones (excluding diaryl/α,β-unsaturated/α-hetero) is 1. The normalized spacial score (nSPS) is 13.1. The molecular weight excluding hydrogens is 506 g/mol. The van der Waals surface area contributed by atoms with Crippen molar-refractivity contribution >= 4 is 29.3 Å². The van der Waals surface area contributed by atoms with Gasteiger partial charge in [-0.2, -0.15) is 0 Å². The summed E-state index contributed by atoms with van der Waals surface area (Å²) in [4.78, 5) is 53.2.